The van der Waals surface area contributed by atoms with E-state index in [4.69, 9.17) is 9.47 Å². The summed E-state index contributed by atoms with van der Waals surface area (Å²) in [5, 5.41) is 0. The highest BCUT2D eigenvalue weighted by molar-refractivity contribution is 7.85. The van der Waals surface area contributed by atoms with E-state index in [1.165, 1.54) is 32.1 Å². The molecule has 0 rings (SSSR count). The Kier molecular flexibility index (Phi) is 13.9. The molecule has 0 saturated heterocycles. The summed E-state index contributed by atoms with van der Waals surface area (Å²) in [4.78, 5) is 0. The molecule has 0 aliphatic rings. The molecule has 0 aromatic carbocycles. The van der Waals surface area contributed by atoms with Gasteiger partial charge in [-0.3, -0.25) is 0 Å². The van der Waals surface area contributed by atoms with Crippen LogP contribution in [0.3, 0.4) is 0 Å². The monoisotopic (exact) mass is 367 g/mol. The lowest BCUT2D eigenvalue weighted by Crippen LogP contribution is -2.48. The Morgan fingerprint density at radius 2 is 1.50 bits per heavy atom. The SMILES string of the molecule is CCCCCCC[N+](C)(CCCCS(=O)(=O)[O-])CCOCCOC. The van der Waals surface area contributed by atoms with Gasteiger partial charge in [0.2, 0.25) is 0 Å². The third kappa shape index (κ3) is 15.3. The van der Waals surface area contributed by atoms with Gasteiger partial charge in [0, 0.05) is 12.9 Å². The maximum absolute atomic E-state index is 10.7. The number of rotatable bonds is 17. The van der Waals surface area contributed by atoms with E-state index in [9.17, 15) is 13.0 Å². The number of methoxy groups -OCH3 is 1. The summed E-state index contributed by atoms with van der Waals surface area (Å²) in [7, 11) is -0.236. The van der Waals surface area contributed by atoms with Crippen molar-refractivity contribution in [3.8, 4) is 0 Å². The average Bonchev–Trinajstić information content (AvgIpc) is 2.51. The lowest BCUT2D eigenvalue weighted by atomic mass is 10.1. The van der Waals surface area contributed by atoms with E-state index in [1.54, 1.807) is 7.11 Å². The van der Waals surface area contributed by atoms with Gasteiger partial charge in [0.1, 0.15) is 6.54 Å². The number of hydrogen-bond acceptors (Lipinski definition) is 5. The third-order valence-electron chi connectivity index (χ3n) is 4.35. The summed E-state index contributed by atoms with van der Waals surface area (Å²) in [5.74, 6) is -0.256. The van der Waals surface area contributed by atoms with Crippen molar-refractivity contribution in [2.45, 2.75) is 51.9 Å². The van der Waals surface area contributed by atoms with E-state index < -0.39 is 10.1 Å². The molecule has 1 unspecified atom stereocenters. The Balaban J connectivity index is 4.19. The van der Waals surface area contributed by atoms with Gasteiger partial charge in [-0.2, -0.15) is 0 Å². The molecule has 0 aromatic rings. The van der Waals surface area contributed by atoms with Crippen molar-refractivity contribution >= 4 is 10.1 Å². The van der Waals surface area contributed by atoms with Crippen LogP contribution in [0.2, 0.25) is 0 Å². The molecule has 0 aliphatic heterocycles. The number of nitrogens with zero attached hydrogens (tertiary/aromatic N) is 1. The Hall–Kier alpha value is -0.210. The van der Waals surface area contributed by atoms with Crippen LogP contribution in [0, 0.1) is 0 Å². The zero-order valence-electron chi connectivity index (χ0n) is 15.8. The van der Waals surface area contributed by atoms with Crippen molar-refractivity contribution in [3.05, 3.63) is 0 Å². The van der Waals surface area contributed by atoms with E-state index in [0.29, 0.717) is 26.2 Å². The van der Waals surface area contributed by atoms with E-state index in [0.717, 1.165) is 30.5 Å². The highest BCUT2D eigenvalue weighted by Crippen LogP contribution is 2.11. The number of ether oxygens (including phenoxy) is 2. The van der Waals surface area contributed by atoms with Crippen LogP contribution in [-0.4, -0.2) is 76.8 Å². The molecule has 146 valence electrons. The minimum atomic E-state index is -4.09. The Morgan fingerprint density at radius 3 is 2.08 bits per heavy atom. The first-order chi connectivity index (χ1) is 11.3. The van der Waals surface area contributed by atoms with Gasteiger partial charge < -0.3 is 18.5 Å². The van der Waals surface area contributed by atoms with Gasteiger partial charge in [0.25, 0.3) is 0 Å². The summed E-state index contributed by atoms with van der Waals surface area (Å²) in [6.45, 7) is 6.94. The van der Waals surface area contributed by atoms with E-state index in [2.05, 4.69) is 14.0 Å². The maximum Gasteiger partial charge on any atom is 0.102 e. The molecule has 6 nitrogen and oxygen atoms in total. The van der Waals surface area contributed by atoms with Crippen LogP contribution in [-0.2, 0) is 19.6 Å². The molecule has 0 fully saturated rings. The fourth-order valence-electron chi connectivity index (χ4n) is 2.73. The molecular weight excluding hydrogens is 330 g/mol. The zero-order chi connectivity index (χ0) is 18.3. The molecule has 0 aliphatic carbocycles. The van der Waals surface area contributed by atoms with Crippen molar-refractivity contribution in [2.24, 2.45) is 0 Å². The first-order valence-corrected chi connectivity index (χ1v) is 10.7. The summed E-state index contributed by atoms with van der Waals surface area (Å²) < 4.78 is 43.6. The second-order valence-corrected chi connectivity index (χ2v) is 8.30. The van der Waals surface area contributed by atoms with Crippen LogP contribution in [0.1, 0.15) is 51.9 Å². The lowest BCUT2D eigenvalue weighted by Gasteiger charge is -2.35. The molecule has 0 amide bonds. The van der Waals surface area contributed by atoms with E-state index in [-0.39, 0.29) is 5.75 Å². The predicted molar refractivity (Wildman–Crippen MR) is 96.0 cm³/mol. The first kappa shape index (κ1) is 23.8. The van der Waals surface area contributed by atoms with Gasteiger partial charge >= 0.3 is 0 Å². The van der Waals surface area contributed by atoms with Crippen LogP contribution in [0.4, 0.5) is 0 Å². The van der Waals surface area contributed by atoms with Crippen LogP contribution < -0.4 is 0 Å². The normalized spacial score (nSPS) is 14.7. The number of hydrogen-bond donors (Lipinski definition) is 0. The largest absolute Gasteiger partial charge is 0.748 e. The predicted octanol–water partition coefficient (Wildman–Crippen LogP) is 2.39. The third-order valence-corrected chi connectivity index (χ3v) is 5.14. The average molecular weight is 368 g/mol. The molecule has 0 bridgehead atoms. The Morgan fingerprint density at radius 1 is 0.875 bits per heavy atom. The summed E-state index contributed by atoms with van der Waals surface area (Å²) in [6, 6.07) is 0. The zero-order valence-corrected chi connectivity index (χ0v) is 16.6. The highest BCUT2D eigenvalue weighted by Gasteiger charge is 2.20. The molecule has 1 atom stereocenters. The molecule has 0 aromatic heterocycles. The summed E-state index contributed by atoms with van der Waals surface area (Å²) >= 11 is 0. The topological polar surface area (TPSA) is 75.7 Å². The van der Waals surface area contributed by atoms with Crippen molar-refractivity contribution in [3.63, 3.8) is 0 Å². The van der Waals surface area contributed by atoms with Crippen LogP contribution in [0.5, 0.6) is 0 Å². The standard InChI is InChI=1S/C17H37NO5S/c1-4-5-6-7-8-11-18(2,13-14-23-16-15-22-3)12-9-10-17-24(19,20)21/h4-17H2,1-3H3. The van der Waals surface area contributed by atoms with Gasteiger partial charge in [-0.15, -0.1) is 0 Å². The van der Waals surface area contributed by atoms with Crippen LogP contribution in [0.15, 0.2) is 0 Å². The smallest absolute Gasteiger partial charge is 0.102 e. The van der Waals surface area contributed by atoms with Crippen molar-refractivity contribution in [2.75, 3.05) is 59.4 Å². The fraction of sp³-hybridized carbons (Fsp3) is 1.00. The quantitative estimate of drug-likeness (QED) is 0.224. The summed E-state index contributed by atoms with van der Waals surface area (Å²) in [5.41, 5.74) is 0. The minimum Gasteiger partial charge on any atom is -0.748 e. The molecule has 0 N–H and O–H groups in total. The molecule has 24 heavy (non-hydrogen) atoms. The van der Waals surface area contributed by atoms with Crippen molar-refractivity contribution in [1.82, 2.24) is 0 Å². The van der Waals surface area contributed by atoms with Gasteiger partial charge in [-0.1, -0.05) is 26.2 Å². The number of unbranched alkanes of at least 4 members (excludes halogenated alkanes) is 5. The molecule has 7 heteroatoms. The maximum atomic E-state index is 10.7. The van der Waals surface area contributed by atoms with Crippen LogP contribution in [0.25, 0.3) is 0 Å². The number of likely N-dealkylation sites (N-methyl/N-ethyl adjacent to an activating group) is 1. The Bertz CT molecular complexity index is 372. The van der Waals surface area contributed by atoms with Gasteiger partial charge in [-0.05, 0) is 25.7 Å². The van der Waals surface area contributed by atoms with Crippen molar-refractivity contribution in [1.29, 1.82) is 0 Å². The fourth-order valence-corrected chi connectivity index (χ4v) is 3.29. The first-order valence-electron chi connectivity index (χ1n) is 9.17. The molecular formula is C17H37NO5S. The van der Waals surface area contributed by atoms with Crippen molar-refractivity contribution < 1.29 is 26.9 Å². The van der Waals surface area contributed by atoms with Crippen LogP contribution >= 0.6 is 0 Å². The van der Waals surface area contributed by atoms with Gasteiger partial charge in [0.05, 0.1) is 50.1 Å². The Labute approximate surface area is 148 Å². The minimum absolute atomic E-state index is 0.256. The van der Waals surface area contributed by atoms with Gasteiger partial charge in [0.15, 0.2) is 0 Å². The number of quaternary nitrogens is 1. The highest BCUT2D eigenvalue weighted by atomic mass is 32.2. The molecule has 0 radical (unpaired) electrons. The molecule has 0 heterocycles. The van der Waals surface area contributed by atoms with Gasteiger partial charge in [-0.25, -0.2) is 8.42 Å². The van der Waals surface area contributed by atoms with E-state index >= 15 is 0 Å². The summed E-state index contributed by atoms with van der Waals surface area (Å²) in [6.07, 6.45) is 7.41. The van der Waals surface area contributed by atoms with E-state index in [1.807, 2.05) is 0 Å². The molecule has 0 spiro atoms. The lowest BCUT2D eigenvalue weighted by molar-refractivity contribution is -0.910. The second kappa shape index (κ2) is 14.0. The molecule has 0 saturated carbocycles. The second-order valence-electron chi connectivity index (χ2n) is 6.78.